The normalized spacial score (nSPS) is 27.9. The lowest BCUT2D eigenvalue weighted by atomic mass is 9.91. The lowest BCUT2D eigenvalue weighted by Crippen LogP contribution is -2.68. The molecule has 3 aliphatic heterocycles. The van der Waals surface area contributed by atoms with E-state index in [1.165, 1.54) is 29.5 Å². The van der Waals surface area contributed by atoms with Gasteiger partial charge in [-0.25, -0.2) is 0 Å². The second-order valence-corrected chi connectivity index (χ2v) is 19.1. The molecule has 0 aromatic heterocycles. The van der Waals surface area contributed by atoms with E-state index in [4.69, 9.17) is 10.5 Å². The number of ether oxygens (including phenoxy) is 1. The first-order valence-corrected chi connectivity index (χ1v) is 24.2. The minimum absolute atomic E-state index is 0.0443. The molecule has 4 rings (SSSR count). The van der Waals surface area contributed by atoms with Crippen LogP contribution in [0.5, 0.6) is 5.75 Å². The summed E-state index contributed by atoms with van der Waals surface area (Å²) in [7, 11) is 2.35. The van der Waals surface area contributed by atoms with Crippen LogP contribution < -0.4 is 47.7 Å². The minimum atomic E-state index is -2.16. The fourth-order valence-electron chi connectivity index (χ4n) is 7.40. The molecular formula is C42H63N9O11S2. The molecule has 64 heavy (non-hydrogen) atoms. The summed E-state index contributed by atoms with van der Waals surface area (Å²) in [4.78, 5) is 124. The summed E-state index contributed by atoms with van der Waals surface area (Å²) in [5.74, 6) is -6.38. The van der Waals surface area contributed by atoms with Crippen molar-refractivity contribution < 1.29 is 53.0 Å². The van der Waals surface area contributed by atoms with Crippen molar-refractivity contribution in [3.05, 3.63) is 29.8 Å². The molecule has 9 amide bonds. The van der Waals surface area contributed by atoms with Crippen molar-refractivity contribution in [1.82, 2.24) is 42.1 Å². The first-order valence-electron chi connectivity index (χ1n) is 21.7. The Morgan fingerprint density at radius 2 is 1.62 bits per heavy atom. The molecule has 9 atom stereocenters. The first kappa shape index (κ1) is 51.5. The molecule has 0 radical (unpaired) electrons. The second-order valence-electron chi connectivity index (χ2n) is 16.4. The molecule has 0 saturated carbocycles. The number of rotatable bonds is 12. The van der Waals surface area contributed by atoms with Crippen molar-refractivity contribution in [3.8, 4) is 5.75 Å². The fourth-order valence-corrected chi connectivity index (χ4v) is 9.54. The third-order valence-electron chi connectivity index (χ3n) is 11.6. The summed E-state index contributed by atoms with van der Waals surface area (Å²) in [6, 6.07) is -0.174. The number of aliphatic hydroxyl groups excluding tert-OH is 1. The number of hydrogen-bond donors (Lipinski definition) is 9. The van der Waals surface area contributed by atoms with Gasteiger partial charge in [0, 0.05) is 37.4 Å². The quantitative estimate of drug-likeness (QED) is 0.113. The smallest absolute Gasteiger partial charge is 0.248 e. The molecule has 0 spiro atoms. The fraction of sp³-hybridized carbons (Fsp3) is 0.643. The predicted molar refractivity (Wildman–Crippen MR) is 239 cm³/mol. The molecule has 1 aromatic carbocycles. The van der Waals surface area contributed by atoms with E-state index in [0.29, 0.717) is 56.6 Å². The van der Waals surface area contributed by atoms with E-state index < -0.39 is 107 Å². The van der Waals surface area contributed by atoms with E-state index in [1.807, 2.05) is 6.92 Å². The van der Waals surface area contributed by atoms with Crippen LogP contribution in [0, 0.1) is 5.92 Å². The number of amides is 9. The van der Waals surface area contributed by atoms with E-state index in [0.717, 1.165) is 10.8 Å². The van der Waals surface area contributed by atoms with Gasteiger partial charge in [-0.15, -0.1) is 0 Å². The van der Waals surface area contributed by atoms with Crippen LogP contribution in [0.3, 0.4) is 0 Å². The molecule has 354 valence electrons. The van der Waals surface area contributed by atoms with Gasteiger partial charge in [-0.1, -0.05) is 54.0 Å². The second kappa shape index (κ2) is 24.3. The Labute approximate surface area is 381 Å². The van der Waals surface area contributed by atoms with Gasteiger partial charge in [0.2, 0.25) is 53.2 Å². The van der Waals surface area contributed by atoms with Gasteiger partial charge >= 0.3 is 0 Å². The number of carbonyl (C=O) groups is 9. The highest BCUT2D eigenvalue weighted by atomic mass is 33.1. The Morgan fingerprint density at radius 1 is 0.922 bits per heavy atom. The predicted octanol–water partition coefficient (Wildman–Crippen LogP) is -1.08. The number of piperidine rings is 1. The minimum Gasteiger partial charge on any atom is -0.494 e. The largest absolute Gasteiger partial charge is 0.494 e. The molecule has 20 nitrogen and oxygen atoms in total. The molecule has 0 unspecified atom stereocenters. The van der Waals surface area contributed by atoms with E-state index in [9.17, 15) is 48.3 Å². The number of aliphatic hydroxyl groups is 1. The summed E-state index contributed by atoms with van der Waals surface area (Å²) in [6.07, 6.45) is -0.119. The van der Waals surface area contributed by atoms with Crippen LogP contribution in [-0.4, -0.2) is 142 Å². The molecule has 1 aromatic rings. The average Bonchev–Trinajstić information content (AvgIpc) is 3.75. The van der Waals surface area contributed by atoms with Gasteiger partial charge in [0.15, 0.2) is 0 Å². The zero-order valence-electron chi connectivity index (χ0n) is 37.0. The molecule has 3 fully saturated rings. The summed E-state index contributed by atoms with van der Waals surface area (Å²) in [5, 5.41) is 29.6. The molecule has 3 heterocycles. The number of hydrogen-bond acceptors (Lipinski definition) is 13. The van der Waals surface area contributed by atoms with Gasteiger partial charge in [0.05, 0.1) is 19.1 Å². The van der Waals surface area contributed by atoms with Gasteiger partial charge in [-0.3, -0.25) is 43.2 Å². The molecule has 0 bridgehead atoms. The lowest BCUT2D eigenvalue weighted by molar-refractivity contribution is -0.143. The van der Waals surface area contributed by atoms with Crippen molar-refractivity contribution in [3.63, 3.8) is 0 Å². The maximum Gasteiger partial charge on any atom is 0.248 e. The van der Waals surface area contributed by atoms with Crippen molar-refractivity contribution in [2.24, 2.45) is 11.7 Å². The van der Waals surface area contributed by atoms with E-state index >= 15 is 0 Å². The SMILES string of the molecule is CCOc1ccc(C[C@H]2NC(=O)CCSSC[C@@H](C(=O)N3CCC[C@H]3C(=O)N[C@H]3CCCNC3=O)NC(=O)[C@H](CC(N)=O)NC(=O)[C@](C)([C@@H](C)O)NC(=O)[C@H]([C@@H](C)CC)NC2=O)cc1. The van der Waals surface area contributed by atoms with Crippen LogP contribution in [0.2, 0.25) is 0 Å². The highest BCUT2D eigenvalue weighted by molar-refractivity contribution is 8.76. The highest BCUT2D eigenvalue weighted by Gasteiger charge is 2.45. The third-order valence-corrected chi connectivity index (χ3v) is 14.0. The van der Waals surface area contributed by atoms with Crippen molar-refractivity contribution >= 4 is 74.8 Å². The lowest BCUT2D eigenvalue weighted by Gasteiger charge is -2.36. The third kappa shape index (κ3) is 14.2. The molecule has 22 heteroatoms. The monoisotopic (exact) mass is 933 g/mol. The number of nitrogens with two attached hydrogens (primary N) is 1. The Hall–Kier alpha value is -5.09. The van der Waals surface area contributed by atoms with Crippen molar-refractivity contribution in [2.45, 2.75) is 134 Å². The van der Waals surface area contributed by atoms with Crippen LogP contribution >= 0.6 is 21.6 Å². The maximum atomic E-state index is 14.3. The van der Waals surface area contributed by atoms with Gasteiger partial charge in [-0.05, 0) is 70.1 Å². The number of nitrogens with zero attached hydrogens (tertiary/aromatic N) is 1. The number of benzene rings is 1. The Kier molecular flexibility index (Phi) is 19.5. The highest BCUT2D eigenvalue weighted by Crippen LogP contribution is 2.26. The number of nitrogens with one attached hydrogen (secondary N) is 7. The zero-order chi connectivity index (χ0) is 47.1. The summed E-state index contributed by atoms with van der Waals surface area (Å²) < 4.78 is 5.54. The maximum absolute atomic E-state index is 14.3. The molecule has 3 saturated heterocycles. The van der Waals surface area contributed by atoms with Crippen LogP contribution in [0.15, 0.2) is 24.3 Å². The zero-order valence-corrected chi connectivity index (χ0v) is 38.6. The van der Waals surface area contributed by atoms with Crippen LogP contribution in [0.1, 0.15) is 85.1 Å². The molecule has 10 N–H and O–H groups in total. The average molecular weight is 934 g/mol. The van der Waals surface area contributed by atoms with Gasteiger partial charge in [0.25, 0.3) is 0 Å². The standard InChI is InChI=1S/C42H63N9O11S2/c1-6-23(3)34-39(59)50-42(5,24(4)52)41(61)48-29(21-32(43)53)36(56)47-30(40(60)51-18-9-11-31(51)38(58)46-27-10-8-17-44-35(27)55)22-64-63-19-16-33(54)45-28(37(57)49-34)20-25-12-14-26(15-13-25)62-7-2/h12-15,23-24,27-31,34,52H,6-11,16-22H2,1-5H3,(H2,43,53)(H,44,55)(H,45,54)(H,46,58)(H,47,56)(H,48,61)(H,49,57)(H,50,59)/t23-,24+,27-,28+,29-,30-,31-,34-,42-/m0/s1. The van der Waals surface area contributed by atoms with Crippen molar-refractivity contribution in [1.29, 1.82) is 0 Å². The number of likely N-dealkylation sites (tertiary alicyclic amines) is 1. The van der Waals surface area contributed by atoms with E-state index in [2.05, 4.69) is 37.2 Å². The summed E-state index contributed by atoms with van der Waals surface area (Å²) in [6.45, 7) is 8.88. The van der Waals surface area contributed by atoms with Crippen LogP contribution in [0.4, 0.5) is 0 Å². The summed E-state index contributed by atoms with van der Waals surface area (Å²) in [5.41, 5.74) is 4.05. The van der Waals surface area contributed by atoms with E-state index in [1.54, 1.807) is 38.1 Å². The van der Waals surface area contributed by atoms with Crippen molar-refractivity contribution in [2.75, 3.05) is 31.2 Å². The van der Waals surface area contributed by atoms with Gasteiger partial charge in [0.1, 0.15) is 47.5 Å². The van der Waals surface area contributed by atoms with E-state index in [-0.39, 0.29) is 36.8 Å². The first-order chi connectivity index (χ1) is 30.4. The number of carbonyl (C=O) groups excluding carboxylic acids is 9. The topological polar surface area (TPSA) is 297 Å². The Bertz CT molecular complexity index is 1870. The van der Waals surface area contributed by atoms with Gasteiger partial charge < -0.3 is 57.7 Å². The van der Waals surface area contributed by atoms with Crippen LogP contribution in [-0.2, 0) is 49.6 Å². The summed E-state index contributed by atoms with van der Waals surface area (Å²) >= 11 is 0. The van der Waals surface area contributed by atoms with Gasteiger partial charge in [-0.2, -0.15) is 0 Å². The molecule has 0 aliphatic carbocycles. The Balaban J connectivity index is 1.67. The molecule has 3 aliphatic rings. The molecular weight excluding hydrogens is 871 g/mol. The number of primary amides is 1. The Morgan fingerprint density at radius 3 is 2.27 bits per heavy atom. The van der Waals surface area contributed by atoms with Crippen LogP contribution in [0.25, 0.3) is 0 Å².